The molecule has 2 rings (SSSR count). The van der Waals surface area contributed by atoms with Gasteiger partial charge in [0.2, 0.25) is 0 Å². The number of amides is 2. The Labute approximate surface area is 129 Å². The Kier molecular flexibility index (Phi) is 4.85. The fourth-order valence-electron chi connectivity index (χ4n) is 1.72. The molecule has 0 aromatic heterocycles. The molecule has 0 unspecified atom stereocenters. The number of halogens is 3. The summed E-state index contributed by atoms with van der Waals surface area (Å²) < 4.78 is 39.8. The van der Waals surface area contributed by atoms with Gasteiger partial charge in [0.05, 0.1) is 0 Å². The zero-order valence-electron chi connectivity index (χ0n) is 11.6. The molecule has 0 aliphatic rings. The predicted octanol–water partition coefficient (Wildman–Crippen LogP) is 4.04. The predicted molar refractivity (Wildman–Crippen MR) is 77.6 cm³/mol. The van der Waals surface area contributed by atoms with Crippen LogP contribution in [0.4, 0.5) is 29.3 Å². The molecule has 0 radical (unpaired) electrons. The summed E-state index contributed by atoms with van der Waals surface area (Å²) in [5, 5.41) is 4.94. The summed E-state index contributed by atoms with van der Waals surface area (Å²) >= 11 is 0. The van der Waals surface area contributed by atoms with E-state index in [4.69, 9.17) is 0 Å². The first-order valence-electron chi connectivity index (χ1n) is 6.35. The average Bonchev–Trinajstić information content (AvgIpc) is 2.48. The zero-order valence-corrected chi connectivity index (χ0v) is 11.6. The number of hydrogen-bond donors (Lipinski definition) is 2. The van der Waals surface area contributed by atoms with Crippen molar-refractivity contribution >= 4 is 23.7 Å². The molecular formula is C15H11F3N2O3. The molecule has 0 bridgehead atoms. The van der Waals surface area contributed by atoms with Gasteiger partial charge in [-0.05, 0) is 36.4 Å². The maximum Gasteiger partial charge on any atom is 0.573 e. The van der Waals surface area contributed by atoms with Crippen molar-refractivity contribution in [3.8, 4) is 5.75 Å². The van der Waals surface area contributed by atoms with Crippen LogP contribution in [0.1, 0.15) is 10.4 Å². The van der Waals surface area contributed by atoms with Crippen LogP contribution in [-0.2, 0) is 0 Å². The van der Waals surface area contributed by atoms with Crippen LogP contribution in [0.5, 0.6) is 5.75 Å². The second kappa shape index (κ2) is 6.82. The summed E-state index contributed by atoms with van der Waals surface area (Å²) in [6, 6.07) is 10.3. The van der Waals surface area contributed by atoms with Gasteiger partial charge < -0.3 is 15.4 Å². The summed E-state index contributed by atoms with van der Waals surface area (Å²) in [6.45, 7) is 0. The number of nitrogens with one attached hydrogen (secondary N) is 2. The van der Waals surface area contributed by atoms with Gasteiger partial charge in [-0.25, -0.2) is 4.79 Å². The first-order valence-corrected chi connectivity index (χ1v) is 6.35. The van der Waals surface area contributed by atoms with E-state index < -0.39 is 12.4 Å². The van der Waals surface area contributed by atoms with E-state index in [2.05, 4.69) is 15.4 Å². The number of alkyl halides is 3. The van der Waals surface area contributed by atoms with Crippen LogP contribution in [0.3, 0.4) is 0 Å². The fourth-order valence-corrected chi connectivity index (χ4v) is 1.72. The Balaban J connectivity index is 1.96. The number of carbonyl (C=O) groups is 2. The number of ether oxygens (including phenoxy) is 1. The number of hydrogen-bond acceptors (Lipinski definition) is 3. The molecule has 2 amide bonds. The molecule has 0 aliphatic heterocycles. The molecule has 0 atom stereocenters. The van der Waals surface area contributed by atoms with E-state index in [1.54, 1.807) is 18.2 Å². The lowest BCUT2D eigenvalue weighted by atomic mass is 10.2. The van der Waals surface area contributed by atoms with Crippen LogP contribution in [0.25, 0.3) is 0 Å². The molecule has 0 saturated heterocycles. The molecule has 0 heterocycles. The maximum absolute atomic E-state index is 12.0. The van der Waals surface area contributed by atoms with Crippen LogP contribution in [-0.4, -0.2) is 18.7 Å². The first kappa shape index (κ1) is 16.3. The molecular weight excluding hydrogens is 313 g/mol. The van der Waals surface area contributed by atoms with Crippen molar-refractivity contribution in [2.45, 2.75) is 6.36 Å². The second-order valence-electron chi connectivity index (χ2n) is 4.39. The molecule has 5 nitrogen and oxygen atoms in total. The van der Waals surface area contributed by atoms with Gasteiger partial charge in [-0.2, -0.15) is 0 Å². The summed E-state index contributed by atoms with van der Waals surface area (Å²) in [6.07, 6.45) is -4.13. The average molecular weight is 324 g/mol. The smallest absolute Gasteiger partial charge is 0.406 e. The number of benzene rings is 2. The zero-order chi connectivity index (χ0) is 16.9. The number of anilines is 2. The van der Waals surface area contributed by atoms with Crippen molar-refractivity contribution in [1.82, 2.24) is 0 Å². The van der Waals surface area contributed by atoms with Crippen molar-refractivity contribution in [2.75, 3.05) is 10.6 Å². The van der Waals surface area contributed by atoms with Crippen molar-refractivity contribution in [3.05, 3.63) is 54.1 Å². The van der Waals surface area contributed by atoms with E-state index in [9.17, 15) is 22.8 Å². The molecule has 0 saturated carbocycles. The van der Waals surface area contributed by atoms with Crippen LogP contribution < -0.4 is 15.4 Å². The third-order valence-electron chi connectivity index (χ3n) is 2.63. The maximum atomic E-state index is 12.0. The highest BCUT2D eigenvalue weighted by atomic mass is 19.4. The van der Waals surface area contributed by atoms with Gasteiger partial charge >= 0.3 is 12.4 Å². The summed E-state index contributed by atoms with van der Waals surface area (Å²) in [5.41, 5.74) is 1.09. The van der Waals surface area contributed by atoms with Crippen molar-refractivity contribution in [2.24, 2.45) is 0 Å². The van der Waals surface area contributed by atoms with Crippen LogP contribution in [0, 0.1) is 0 Å². The summed E-state index contributed by atoms with van der Waals surface area (Å²) in [4.78, 5) is 22.4. The van der Waals surface area contributed by atoms with Gasteiger partial charge in [0.25, 0.3) is 0 Å². The quantitative estimate of drug-likeness (QED) is 0.834. The molecule has 23 heavy (non-hydrogen) atoms. The van der Waals surface area contributed by atoms with Gasteiger partial charge in [-0.1, -0.05) is 12.1 Å². The largest absolute Gasteiger partial charge is 0.573 e. The normalized spacial score (nSPS) is 10.7. The van der Waals surface area contributed by atoms with Crippen LogP contribution >= 0.6 is 0 Å². The monoisotopic (exact) mass is 324 g/mol. The van der Waals surface area contributed by atoms with E-state index in [1.807, 2.05) is 0 Å². The summed E-state index contributed by atoms with van der Waals surface area (Å²) in [7, 11) is 0. The van der Waals surface area contributed by atoms with E-state index >= 15 is 0 Å². The van der Waals surface area contributed by atoms with Gasteiger partial charge in [-0.15, -0.1) is 13.2 Å². The lowest BCUT2D eigenvalue weighted by Crippen LogP contribution is -2.19. The SMILES string of the molecule is O=Cc1cccc(NC(=O)Nc2ccc(OC(F)(F)F)cc2)c1. The molecule has 2 aromatic carbocycles. The Hall–Kier alpha value is -3.03. The number of urea groups is 1. The highest BCUT2D eigenvalue weighted by molar-refractivity contribution is 6.00. The van der Waals surface area contributed by atoms with Crippen molar-refractivity contribution < 1.29 is 27.5 Å². The van der Waals surface area contributed by atoms with Gasteiger partial charge in [-0.3, -0.25) is 4.79 Å². The Morgan fingerprint density at radius 3 is 2.26 bits per heavy atom. The van der Waals surface area contributed by atoms with E-state index in [0.29, 0.717) is 17.5 Å². The molecule has 2 aromatic rings. The minimum absolute atomic E-state index is 0.281. The topological polar surface area (TPSA) is 67.4 Å². The van der Waals surface area contributed by atoms with Gasteiger partial charge in [0.1, 0.15) is 12.0 Å². The van der Waals surface area contributed by atoms with E-state index in [1.165, 1.54) is 18.2 Å². The lowest BCUT2D eigenvalue weighted by molar-refractivity contribution is -0.274. The van der Waals surface area contributed by atoms with Crippen molar-refractivity contribution in [1.29, 1.82) is 0 Å². The fraction of sp³-hybridized carbons (Fsp3) is 0.0667. The Morgan fingerprint density at radius 2 is 1.65 bits per heavy atom. The highest BCUT2D eigenvalue weighted by Gasteiger charge is 2.30. The standard InChI is InChI=1S/C15H11F3N2O3/c16-15(17,18)23-13-6-4-11(5-7-13)19-14(22)20-12-3-1-2-10(8-12)9-21/h1-9H,(H2,19,20,22). The highest BCUT2D eigenvalue weighted by Crippen LogP contribution is 2.24. The number of rotatable bonds is 4. The Morgan fingerprint density at radius 1 is 1.00 bits per heavy atom. The summed E-state index contributed by atoms with van der Waals surface area (Å²) in [5.74, 6) is -0.387. The molecule has 0 fully saturated rings. The van der Waals surface area contributed by atoms with Crippen LogP contribution in [0.2, 0.25) is 0 Å². The minimum Gasteiger partial charge on any atom is -0.406 e. The number of aldehydes is 1. The third kappa shape index (κ3) is 5.34. The molecule has 8 heteroatoms. The second-order valence-corrected chi connectivity index (χ2v) is 4.39. The third-order valence-corrected chi connectivity index (χ3v) is 2.63. The minimum atomic E-state index is -4.77. The lowest BCUT2D eigenvalue weighted by Gasteiger charge is -2.10. The van der Waals surface area contributed by atoms with Crippen LogP contribution in [0.15, 0.2) is 48.5 Å². The van der Waals surface area contributed by atoms with Gasteiger partial charge in [0.15, 0.2) is 0 Å². The van der Waals surface area contributed by atoms with E-state index in [-0.39, 0.29) is 11.4 Å². The molecule has 2 N–H and O–H groups in total. The van der Waals surface area contributed by atoms with E-state index in [0.717, 1.165) is 12.1 Å². The Bertz CT molecular complexity index is 700. The molecule has 0 spiro atoms. The molecule has 0 aliphatic carbocycles. The first-order chi connectivity index (χ1) is 10.9. The van der Waals surface area contributed by atoms with Gasteiger partial charge in [0, 0.05) is 16.9 Å². The van der Waals surface area contributed by atoms with Crippen molar-refractivity contribution in [3.63, 3.8) is 0 Å². The number of carbonyl (C=O) groups excluding carboxylic acids is 2. The molecule has 120 valence electrons.